The number of rotatable bonds is 5. The minimum atomic E-state index is -0.590. The molecule has 64 heavy (non-hydrogen) atoms. The average molecular weight is 816 g/mol. The Bertz CT molecular complexity index is 3500. The topological polar surface area (TPSA) is 54.8 Å². The van der Waals surface area contributed by atoms with Gasteiger partial charge in [0, 0.05) is 38.7 Å². The maximum Gasteiger partial charge on any atom is 0.164 e. The Balaban J connectivity index is 1.09. The van der Waals surface area contributed by atoms with E-state index in [0.29, 0.717) is 17.5 Å². The van der Waals surface area contributed by atoms with Crippen LogP contribution in [0.25, 0.3) is 78.2 Å². The second-order valence-electron chi connectivity index (χ2n) is 16.5. The Morgan fingerprint density at radius 3 is 1.42 bits per heavy atom. The average Bonchev–Trinajstić information content (AvgIpc) is 3.66. The lowest BCUT2D eigenvalue weighted by atomic mass is 9.64. The number of nitrogens with zero attached hydrogens (tertiary/aromatic N) is 5. The SMILES string of the molecule is c1ccc(-c2nc(-c3ccccc3)nc(-c3ccc4c(c3)nc(-c3ccccc3)c3cc5c(cc34)C3(c4ccccc4-5)c4ccccc4N(c4ccccc4)c4ccccc43)n2)cc1. The molecule has 298 valence electrons. The van der Waals surface area contributed by atoms with Crippen molar-refractivity contribution in [2.45, 2.75) is 5.41 Å². The fraction of sp³-hybridized carbons (Fsp3) is 0.0169. The molecule has 5 heteroatoms. The molecule has 0 radical (unpaired) electrons. The lowest BCUT2D eigenvalue weighted by Gasteiger charge is -2.45. The first-order chi connectivity index (χ1) is 31.7. The highest BCUT2D eigenvalue weighted by Gasteiger charge is 2.51. The highest BCUT2D eigenvalue weighted by Crippen LogP contribution is 2.64. The van der Waals surface area contributed by atoms with Crippen molar-refractivity contribution in [1.29, 1.82) is 0 Å². The minimum Gasteiger partial charge on any atom is -0.310 e. The van der Waals surface area contributed by atoms with Crippen molar-refractivity contribution >= 4 is 38.7 Å². The fourth-order valence-electron chi connectivity index (χ4n) is 10.3. The van der Waals surface area contributed by atoms with Crippen molar-refractivity contribution in [2.24, 2.45) is 0 Å². The van der Waals surface area contributed by atoms with E-state index in [0.717, 1.165) is 55.3 Å². The van der Waals surface area contributed by atoms with Gasteiger partial charge in [-0.25, -0.2) is 19.9 Å². The third kappa shape index (κ3) is 5.37. The van der Waals surface area contributed by atoms with Crippen molar-refractivity contribution in [3.63, 3.8) is 0 Å². The predicted octanol–water partition coefficient (Wildman–Crippen LogP) is 14.4. The van der Waals surface area contributed by atoms with Crippen LogP contribution < -0.4 is 4.90 Å². The van der Waals surface area contributed by atoms with E-state index >= 15 is 0 Å². The Morgan fingerprint density at radius 1 is 0.312 bits per heavy atom. The van der Waals surface area contributed by atoms with E-state index in [4.69, 9.17) is 19.9 Å². The highest BCUT2D eigenvalue weighted by molar-refractivity contribution is 6.14. The number of hydrogen-bond acceptors (Lipinski definition) is 5. The van der Waals surface area contributed by atoms with Gasteiger partial charge in [-0.15, -0.1) is 0 Å². The molecule has 13 rings (SSSR count). The zero-order valence-electron chi connectivity index (χ0n) is 34.6. The van der Waals surface area contributed by atoms with E-state index < -0.39 is 5.41 Å². The van der Waals surface area contributed by atoms with E-state index in [1.165, 1.54) is 44.8 Å². The van der Waals surface area contributed by atoms with Gasteiger partial charge in [0.1, 0.15) is 0 Å². The molecule has 0 unspecified atom stereocenters. The Morgan fingerprint density at radius 2 is 0.812 bits per heavy atom. The summed E-state index contributed by atoms with van der Waals surface area (Å²) in [5.74, 6) is 1.85. The van der Waals surface area contributed by atoms with Crippen LogP contribution in [0.3, 0.4) is 0 Å². The van der Waals surface area contributed by atoms with Crippen molar-refractivity contribution in [3.05, 3.63) is 247 Å². The molecular formula is C59H37N5. The van der Waals surface area contributed by atoms with Crippen molar-refractivity contribution in [2.75, 3.05) is 4.90 Å². The first-order valence-electron chi connectivity index (χ1n) is 21.7. The molecule has 0 saturated carbocycles. The monoisotopic (exact) mass is 815 g/mol. The molecule has 2 aliphatic rings. The molecule has 11 aromatic rings. The number of pyridine rings is 1. The zero-order valence-corrected chi connectivity index (χ0v) is 34.6. The summed E-state index contributed by atoms with van der Waals surface area (Å²) >= 11 is 0. The van der Waals surface area contributed by atoms with Gasteiger partial charge in [0.25, 0.3) is 0 Å². The smallest absolute Gasteiger partial charge is 0.164 e. The number of fused-ring (bicyclic) bond motifs is 12. The van der Waals surface area contributed by atoms with Crippen LogP contribution in [0.4, 0.5) is 17.1 Å². The molecule has 1 aliphatic heterocycles. The summed E-state index contributed by atoms with van der Waals surface area (Å²) < 4.78 is 0. The maximum absolute atomic E-state index is 5.54. The molecule has 5 nitrogen and oxygen atoms in total. The Hall–Kier alpha value is -8.54. The first kappa shape index (κ1) is 36.1. The van der Waals surface area contributed by atoms with Crippen molar-refractivity contribution in [3.8, 4) is 56.5 Å². The molecule has 0 amide bonds. The van der Waals surface area contributed by atoms with Crippen LogP contribution in [0, 0.1) is 0 Å². The van der Waals surface area contributed by atoms with Gasteiger partial charge in [0.2, 0.25) is 0 Å². The minimum absolute atomic E-state index is 0.590. The first-order valence-corrected chi connectivity index (χ1v) is 21.7. The van der Waals surface area contributed by atoms with E-state index in [1.54, 1.807) is 0 Å². The number of aromatic nitrogens is 4. The lowest BCUT2D eigenvalue weighted by molar-refractivity contribution is 0.753. The second-order valence-corrected chi connectivity index (χ2v) is 16.5. The summed E-state index contributed by atoms with van der Waals surface area (Å²) in [6, 6.07) is 79.9. The highest BCUT2D eigenvalue weighted by atomic mass is 15.2. The maximum atomic E-state index is 5.54. The summed E-state index contributed by atoms with van der Waals surface area (Å²) in [4.78, 5) is 23.1. The van der Waals surface area contributed by atoms with Crippen molar-refractivity contribution in [1.82, 2.24) is 19.9 Å². The predicted molar refractivity (Wildman–Crippen MR) is 260 cm³/mol. The zero-order chi connectivity index (χ0) is 42.2. The van der Waals surface area contributed by atoms with Gasteiger partial charge in [-0.05, 0) is 81.2 Å². The van der Waals surface area contributed by atoms with E-state index in [2.05, 4.69) is 169 Å². The summed E-state index contributed by atoms with van der Waals surface area (Å²) in [5.41, 5.74) is 16.0. The van der Waals surface area contributed by atoms with Crippen LogP contribution in [0.1, 0.15) is 22.3 Å². The lowest BCUT2D eigenvalue weighted by Crippen LogP contribution is -2.36. The Labute approximate surface area is 370 Å². The molecule has 0 N–H and O–H groups in total. The van der Waals surface area contributed by atoms with Crippen molar-refractivity contribution < 1.29 is 0 Å². The van der Waals surface area contributed by atoms with E-state index in [9.17, 15) is 0 Å². The summed E-state index contributed by atoms with van der Waals surface area (Å²) in [7, 11) is 0. The van der Waals surface area contributed by atoms with Gasteiger partial charge >= 0.3 is 0 Å². The standard InChI is InChI=1S/C59H37N5/c1-5-19-38(20-6-1)55-47-36-46-43-27-13-14-28-48(43)59(49-29-15-17-31-53(49)64(42-25-11-4-12-26-42)54-32-18-16-30-50(54)59)51(46)37-45(47)44-34-33-41(35-52(44)60-55)58-62-56(39-21-7-2-8-22-39)61-57(63-58)40-23-9-3-10-24-40/h1-37H. The van der Waals surface area contributed by atoms with Gasteiger partial charge in [-0.3, -0.25) is 0 Å². The summed E-state index contributed by atoms with van der Waals surface area (Å²) in [5, 5.41) is 3.32. The molecule has 0 atom stereocenters. The normalized spacial score (nSPS) is 13.1. The van der Waals surface area contributed by atoms with Crippen LogP contribution >= 0.6 is 0 Å². The molecule has 9 aromatic carbocycles. The van der Waals surface area contributed by atoms with E-state index in [1.807, 2.05) is 60.7 Å². The quantitative estimate of drug-likeness (QED) is 0.162. The van der Waals surface area contributed by atoms with Gasteiger partial charge in [0.05, 0.1) is 28.0 Å². The molecule has 1 spiro atoms. The van der Waals surface area contributed by atoms with Gasteiger partial charge in [0.15, 0.2) is 17.5 Å². The van der Waals surface area contributed by atoms with Crippen LogP contribution in [-0.4, -0.2) is 19.9 Å². The van der Waals surface area contributed by atoms with Crippen LogP contribution in [0.2, 0.25) is 0 Å². The number of benzene rings is 9. The molecule has 1 aliphatic carbocycles. The van der Waals surface area contributed by atoms with E-state index in [-0.39, 0.29) is 0 Å². The second kappa shape index (κ2) is 14.3. The van der Waals surface area contributed by atoms with Crippen LogP contribution in [-0.2, 0) is 5.41 Å². The van der Waals surface area contributed by atoms with Gasteiger partial charge < -0.3 is 4.90 Å². The molecule has 0 bridgehead atoms. The third-order valence-corrected chi connectivity index (χ3v) is 13.1. The fourth-order valence-corrected chi connectivity index (χ4v) is 10.3. The van der Waals surface area contributed by atoms with Gasteiger partial charge in [-0.1, -0.05) is 182 Å². The Kier molecular flexibility index (Phi) is 8.06. The molecule has 3 heterocycles. The molecule has 2 aromatic heterocycles. The number of anilines is 3. The van der Waals surface area contributed by atoms with Gasteiger partial charge in [-0.2, -0.15) is 0 Å². The molecule has 0 saturated heterocycles. The molecule has 0 fully saturated rings. The molecular weight excluding hydrogens is 779 g/mol. The van der Waals surface area contributed by atoms with Crippen LogP contribution in [0.15, 0.2) is 224 Å². The third-order valence-electron chi connectivity index (χ3n) is 13.1. The largest absolute Gasteiger partial charge is 0.310 e. The number of hydrogen-bond donors (Lipinski definition) is 0. The number of para-hydroxylation sites is 3. The van der Waals surface area contributed by atoms with Crippen LogP contribution in [0.5, 0.6) is 0 Å². The summed E-state index contributed by atoms with van der Waals surface area (Å²) in [6.45, 7) is 0. The summed E-state index contributed by atoms with van der Waals surface area (Å²) in [6.07, 6.45) is 0.